The molecule has 0 bridgehead atoms. The fourth-order valence-electron chi connectivity index (χ4n) is 1.24. The van der Waals surface area contributed by atoms with Crippen molar-refractivity contribution >= 4 is 17.8 Å². The number of hydrogen-bond donors (Lipinski definition) is 3. The van der Waals surface area contributed by atoms with Gasteiger partial charge in [0.1, 0.15) is 6.54 Å². The maximum Gasteiger partial charge on any atom is 0.325 e. The standard InChI is InChI=1S/C10H15N5O4/c1-6(2)12-8(16)3-11-10(19)7-4-15(14-13-7)5-9(17)18/h4,6H,3,5H2,1-2H3,(H,11,19)(H,12,16)(H,17,18). The molecule has 1 aromatic heterocycles. The van der Waals surface area contributed by atoms with Gasteiger partial charge >= 0.3 is 5.97 Å². The van der Waals surface area contributed by atoms with E-state index in [2.05, 4.69) is 20.9 Å². The number of carbonyl (C=O) groups excluding carboxylic acids is 2. The number of carbonyl (C=O) groups is 3. The van der Waals surface area contributed by atoms with E-state index in [0.29, 0.717) is 0 Å². The number of rotatable bonds is 6. The highest BCUT2D eigenvalue weighted by atomic mass is 16.4. The molecule has 104 valence electrons. The largest absolute Gasteiger partial charge is 0.480 e. The summed E-state index contributed by atoms with van der Waals surface area (Å²) in [6.07, 6.45) is 1.20. The Morgan fingerprint density at radius 3 is 2.68 bits per heavy atom. The van der Waals surface area contributed by atoms with Crippen LogP contribution in [0.2, 0.25) is 0 Å². The first kappa shape index (κ1) is 14.6. The van der Waals surface area contributed by atoms with Gasteiger partial charge in [-0.2, -0.15) is 0 Å². The maximum absolute atomic E-state index is 11.6. The summed E-state index contributed by atoms with van der Waals surface area (Å²) < 4.78 is 1.02. The number of nitrogens with one attached hydrogen (secondary N) is 2. The molecular formula is C10H15N5O4. The predicted octanol–water partition coefficient (Wildman–Crippen LogP) is -1.38. The Kier molecular flexibility index (Phi) is 4.98. The summed E-state index contributed by atoms with van der Waals surface area (Å²) in [7, 11) is 0. The van der Waals surface area contributed by atoms with E-state index in [1.54, 1.807) is 13.8 Å². The van der Waals surface area contributed by atoms with Gasteiger partial charge in [0.15, 0.2) is 5.69 Å². The van der Waals surface area contributed by atoms with E-state index in [9.17, 15) is 14.4 Å². The third-order valence-corrected chi connectivity index (χ3v) is 1.93. The molecule has 1 aromatic rings. The number of carboxylic acids is 1. The lowest BCUT2D eigenvalue weighted by Gasteiger charge is -2.08. The summed E-state index contributed by atoms with van der Waals surface area (Å²) in [5.74, 6) is -2.00. The van der Waals surface area contributed by atoms with E-state index < -0.39 is 11.9 Å². The van der Waals surface area contributed by atoms with Gasteiger partial charge in [0.25, 0.3) is 5.91 Å². The lowest BCUT2D eigenvalue weighted by molar-refractivity contribution is -0.138. The molecule has 9 nitrogen and oxygen atoms in total. The molecule has 1 rings (SSSR count). The van der Waals surface area contributed by atoms with Crippen LogP contribution in [0.3, 0.4) is 0 Å². The first-order chi connectivity index (χ1) is 8.88. The normalized spacial score (nSPS) is 10.3. The fourth-order valence-corrected chi connectivity index (χ4v) is 1.24. The molecule has 0 aromatic carbocycles. The van der Waals surface area contributed by atoms with Crippen LogP contribution in [-0.2, 0) is 16.1 Å². The second-order valence-electron chi connectivity index (χ2n) is 4.10. The van der Waals surface area contributed by atoms with Gasteiger partial charge in [0.2, 0.25) is 5.91 Å². The topological polar surface area (TPSA) is 126 Å². The molecule has 0 unspecified atom stereocenters. The summed E-state index contributed by atoms with van der Waals surface area (Å²) in [5, 5.41) is 20.5. The van der Waals surface area contributed by atoms with Gasteiger partial charge in [-0.25, -0.2) is 4.68 Å². The zero-order chi connectivity index (χ0) is 14.4. The SMILES string of the molecule is CC(C)NC(=O)CNC(=O)c1cn(CC(=O)O)nn1. The number of aromatic nitrogens is 3. The lowest BCUT2D eigenvalue weighted by Crippen LogP contribution is -2.39. The van der Waals surface area contributed by atoms with Crippen molar-refractivity contribution in [1.82, 2.24) is 25.6 Å². The highest BCUT2D eigenvalue weighted by molar-refractivity contribution is 5.94. The molecule has 0 fully saturated rings. The molecule has 3 N–H and O–H groups in total. The van der Waals surface area contributed by atoms with Crippen LogP contribution in [0.5, 0.6) is 0 Å². The Balaban J connectivity index is 2.47. The number of nitrogens with zero attached hydrogens (tertiary/aromatic N) is 3. The monoisotopic (exact) mass is 269 g/mol. The van der Waals surface area contributed by atoms with Crippen LogP contribution >= 0.6 is 0 Å². The second kappa shape index (κ2) is 6.47. The lowest BCUT2D eigenvalue weighted by atomic mass is 10.4. The quantitative estimate of drug-likeness (QED) is 0.584. The zero-order valence-electron chi connectivity index (χ0n) is 10.6. The average molecular weight is 269 g/mol. The second-order valence-corrected chi connectivity index (χ2v) is 4.10. The van der Waals surface area contributed by atoms with E-state index in [-0.39, 0.29) is 30.7 Å². The highest BCUT2D eigenvalue weighted by Crippen LogP contribution is 1.93. The van der Waals surface area contributed by atoms with Crippen LogP contribution in [0.4, 0.5) is 0 Å². The van der Waals surface area contributed by atoms with Gasteiger partial charge in [0.05, 0.1) is 12.7 Å². The van der Waals surface area contributed by atoms with Gasteiger partial charge in [-0.3, -0.25) is 14.4 Å². The van der Waals surface area contributed by atoms with Crippen LogP contribution in [0.15, 0.2) is 6.20 Å². The average Bonchev–Trinajstić information content (AvgIpc) is 2.72. The third-order valence-electron chi connectivity index (χ3n) is 1.93. The van der Waals surface area contributed by atoms with E-state index >= 15 is 0 Å². The van der Waals surface area contributed by atoms with Crippen molar-refractivity contribution in [2.75, 3.05) is 6.54 Å². The summed E-state index contributed by atoms with van der Waals surface area (Å²) in [4.78, 5) is 33.3. The van der Waals surface area contributed by atoms with Crippen molar-refractivity contribution in [1.29, 1.82) is 0 Å². The molecule has 2 amide bonds. The van der Waals surface area contributed by atoms with E-state index in [1.807, 2.05) is 0 Å². The van der Waals surface area contributed by atoms with E-state index in [4.69, 9.17) is 5.11 Å². The van der Waals surface area contributed by atoms with E-state index in [0.717, 1.165) is 4.68 Å². The fraction of sp³-hybridized carbons (Fsp3) is 0.500. The third kappa shape index (κ3) is 5.15. The minimum Gasteiger partial charge on any atom is -0.480 e. The van der Waals surface area contributed by atoms with Crippen molar-refractivity contribution < 1.29 is 19.5 Å². The van der Waals surface area contributed by atoms with Crippen LogP contribution in [0.1, 0.15) is 24.3 Å². The maximum atomic E-state index is 11.6. The van der Waals surface area contributed by atoms with Crippen molar-refractivity contribution in [3.8, 4) is 0 Å². The Bertz CT molecular complexity index is 482. The number of amides is 2. The Morgan fingerprint density at radius 2 is 2.11 bits per heavy atom. The number of aliphatic carboxylic acids is 1. The molecule has 0 aliphatic rings. The van der Waals surface area contributed by atoms with Crippen LogP contribution in [0.25, 0.3) is 0 Å². The van der Waals surface area contributed by atoms with Crippen molar-refractivity contribution in [2.24, 2.45) is 0 Å². The van der Waals surface area contributed by atoms with Crippen LogP contribution in [-0.4, -0.2) is 50.5 Å². The molecule has 0 aliphatic carbocycles. The van der Waals surface area contributed by atoms with Gasteiger partial charge < -0.3 is 15.7 Å². The number of hydrogen-bond acceptors (Lipinski definition) is 5. The molecule has 9 heteroatoms. The molecule has 1 heterocycles. The van der Waals surface area contributed by atoms with Crippen molar-refractivity contribution in [2.45, 2.75) is 26.4 Å². The van der Waals surface area contributed by atoms with Gasteiger partial charge in [0, 0.05) is 6.04 Å². The minimum atomic E-state index is -1.09. The van der Waals surface area contributed by atoms with E-state index in [1.165, 1.54) is 6.20 Å². The summed E-state index contributed by atoms with van der Waals surface area (Å²) in [6, 6.07) is -0.0131. The highest BCUT2D eigenvalue weighted by Gasteiger charge is 2.13. The molecular weight excluding hydrogens is 254 g/mol. The molecule has 0 saturated heterocycles. The summed E-state index contributed by atoms with van der Waals surface area (Å²) in [6.45, 7) is 3.05. The predicted molar refractivity (Wildman–Crippen MR) is 63.3 cm³/mol. The molecule has 0 spiro atoms. The molecule has 0 radical (unpaired) electrons. The van der Waals surface area contributed by atoms with Crippen molar-refractivity contribution in [3.05, 3.63) is 11.9 Å². The first-order valence-electron chi connectivity index (χ1n) is 5.58. The summed E-state index contributed by atoms with van der Waals surface area (Å²) in [5.41, 5.74) is -0.0430. The van der Waals surface area contributed by atoms with Crippen molar-refractivity contribution in [3.63, 3.8) is 0 Å². The molecule has 0 aliphatic heterocycles. The number of carboxylic acid groups (broad SMARTS) is 1. The Labute approximate surface area is 109 Å². The minimum absolute atomic E-state index is 0.0131. The van der Waals surface area contributed by atoms with Crippen LogP contribution < -0.4 is 10.6 Å². The van der Waals surface area contributed by atoms with Gasteiger partial charge in [-0.15, -0.1) is 5.10 Å². The Morgan fingerprint density at radius 1 is 1.42 bits per heavy atom. The van der Waals surface area contributed by atoms with Crippen LogP contribution in [0, 0.1) is 0 Å². The zero-order valence-corrected chi connectivity index (χ0v) is 10.6. The smallest absolute Gasteiger partial charge is 0.325 e. The first-order valence-corrected chi connectivity index (χ1v) is 5.58. The molecule has 19 heavy (non-hydrogen) atoms. The van der Waals surface area contributed by atoms with Gasteiger partial charge in [-0.1, -0.05) is 5.21 Å². The molecule has 0 saturated carbocycles. The molecule has 0 atom stereocenters. The summed E-state index contributed by atoms with van der Waals surface area (Å²) >= 11 is 0. The Hall–Kier alpha value is -2.45. The van der Waals surface area contributed by atoms with Gasteiger partial charge in [-0.05, 0) is 13.8 Å².